The second kappa shape index (κ2) is 11.2. The predicted molar refractivity (Wildman–Crippen MR) is 118 cm³/mol. The summed E-state index contributed by atoms with van der Waals surface area (Å²) in [5.41, 5.74) is 1.44. The Morgan fingerprint density at radius 2 is 1.59 bits per heavy atom. The van der Waals surface area contributed by atoms with Gasteiger partial charge in [0.2, 0.25) is 5.91 Å². The maximum absolute atomic E-state index is 13.0. The summed E-state index contributed by atoms with van der Waals surface area (Å²) < 4.78 is 0. The first-order valence-corrected chi connectivity index (χ1v) is 9.27. The molecule has 0 unspecified atom stereocenters. The van der Waals surface area contributed by atoms with Crippen molar-refractivity contribution in [3.05, 3.63) is 119 Å². The van der Waals surface area contributed by atoms with Crippen LogP contribution in [-0.2, 0) is 11.2 Å². The molecule has 3 rings (SSSR count). The lowest BCUT2D eigenvalue weighted by atomic mass is 9.90. The molecule has 0 saturated carbocycles. The van der Waals surface area contributed by atoms with Crippen molar-refractivity contribution < 1.29 is 4.79 Å². The first-order valence-electron chi connectivity index (χ1n) is 9.27. The molecule has 2 aromatic carbocycles. The van der Waals surface area contributed by atoms with Crippen LogP contribution in [-0.4, -0.2) is 15.9 Å². The Morgan fingerprint density at radius 1 is 1.07 bits per heavy atom. The summed E-state index contributed by atoms with van der Waals surface area (Å²) >= 11 is 0. The Hall–Kier alpha value is -3.73. The van der Waals surface area contributed by atoms with Gasteiger partial charge in [-0.2, -0.15) is 0 Å². The van der Waals surface area contributed by atoms with E-state index in [1.54, 1.807) is 12.2 Å². The van der Waals surface area contributed by atoms with E-state index in [1.165, 1.54) is 6.20 Å². The van der Waals surface area contributed by atoms with E-state index in [1.807, 2.05) is 67.6 Å². The standard InChI is InChI=1S/C21H19N3O2.C3H6/c1-2-9-18-22-14-17(20(25)24-18)23-21(26)19(15-10-5-3-6-11-15)16-12-7-4-8-13-16;1-3-2/h2-8,10-14,19H,1,9H2,(H,23,26)(H,22,24,25);3H,1H2,2H3. The molecule has 0 radical (unpaired) electrons. The van der Waals surface area contributed by atoms with Gasteiger partial charge in [0.1, 0.15) is 11.5 Å². The summed E-state index contributed by atoms with van der Waals surface area (Å²) in [6, 6.07) is 18.9. The summed E-state index contributed by atoms with van der Waals surface area (Å²) in [6.07, 6.45) is 5.24. The number of allylic oxidation sites excluding steroid dienone is 2. The third kappa shape index (κ3) is 6.14. The number of carbonyl (C=O) groups is 1. The van der Waals surface area contributed by atoms with Gasteiger partial charge < -0.3 is 10.3 Å². The largest absolute Gasteiger partial charge is 0.319 e. The third-order valence-electron chi connectivity index (χ3n) is 3.98. The Labute approximate surface area is 170 Å². The number of aromatic nitrogens is 2. The normalized spacial score (nSPS) is 9.86. The lowest BCUT2D eigenvalue weighted by molar-refractivity contribution is -0.116. The van der Waals surface area contributed by atoms with Gasteiger partial charge in [-0.05, 0) is 18.1 Å². The maximum Gasteiger partial charge on any atom is 0.274 e. The topological polar surface area (TPSA) is 74.8 Å². The highest BCUT2D eigenvalue weighted by atomic mass is 16.2. The second-order valence-corrected chi connectivity index (χ2v) is 6.22. The summed E-state index contributed by atoms with van der Waals surface area (Å²) in [4.78, 5) is 32.0. The SMILES string of the molecule is C=CC.C=CCc1ncc(NC(=O)C(c2ccccc2)c2ccccc2)c(=O)[nH]1. The van der Waals surface area contributed by atoms with Gasteiger partial charge in [-0.25, -0.2) is 4.98 Å². The van der Waals surface area contributed by atoms with Crippen molar-refractivity contribution in [3.63, 3.8) is 0 Å². The smallest absolute Gasteiger partial charge is 0.274 e. The average Bonchev–Trinajstić information content (AvgIpc) is 2.73. The molecule has 1 aromatic heterocycles. The number of benzene rings is 2. The molecular weight excluding hydrogens is 362 g/mol. The first-order chi connectivity index (χ1) is 14.1. The van der Waals surface area contributed by atoms with Crippen LogP contribution >= 0.6 is 0 Å². The van der Waals surface area contributed by atoms with Crippen molar-refractivity contribution in [2.45, 2.75) is 19.3 Å². The number of anilines is 1. The van der Waals surface area contributed by atoms with Gasteiger partial charge in [0.15, 0.2) is 0 Å². The van der Waals surface area contributed by atoms with E-state index in [2.05, 4.69) is 28.4 Å². The van der Waals surface area contributed by atoms with Gasteiger partial charge in [-0.15, -0.1) is 13.2 Å². The van der Waals surface area contributed by atoms with Crippen LogP contribution in [0, 0.1) is 0 Å². The second-order valence-electron chi connectivity index (χ2n) is 6.22. The van der Waals surface area contributed by atoms with Crippen molar-refractivity contribution in [2.24, 2.45) is 0 Å². The zero-order valence-corrected chi connectivity index (χ0v) is 16.5. The van der Waals surface area contributed by atoms with Crippen LogP contribution in [0.15, 0.2) is 97.0 Å². The van der Waals surface area contributed by atoms with Crippen LogP contribution in [0.25, 0.3) is 0 Å². The number of H-pyrrole nitrogens is 1. The lowest BCUT2D eigenvalue weighted by Crippen LogP contribution is -2.26. The molecular formula is C24H25N3O2. The van der Waals surface area contributed by atoms with Crippen LogP contribution in [0.5, 0.6) is 0 Å². The van der Waals surface area contributed by atoms with E-state index in [0.29, 0.717) is 12.2 Å². The Bertz CT molecular complexity index is 956. The maximum atomic E-state index is 13.0. The number of hydrogen-bond donors (Lipinski definition) is 2. The molecule has 0 saturated heterocycles. The third-order valence-corrected chi connectivity index (χ3v) is 3.98. The molecule has 1 heterocycles. The minimum atomic E-state index is -0.523. The zero-order valence-electron chi connectivity index (χ0n) is 16.5. The van der Waals surface area contributed by atoms with Crippen LogP contribution in [0.4, 0.5) is 5.69 Å². The van der Waals surface area contributed by atoms with Crippen molar-refractivity contribution in [1.29, 1.82) is 0 Å². The van der Waals surface area contributed by atoms with Crippen molar-refractivity contribution in [2.75, 3.05) is 5.32 Å². The Morgan fingerprint density at radius 3 is 2.03 bits per heavy atom. The highest BCUT2D eigenvalue weighted by molar-refractivity contribution is 5.97. The predicted octanol–water partition coefficient (Wildman–Crippen LogP) is 4.46. The van der Waals surface area contributed by atoms with E-state index in [0.717, 1.165) is 11.1 Å². The molecule has 148 valence electrons. The molecule has 0 fully saturated rings. The van der Waals surface area contributed by atoms with Crippen LogP contribution < -0.4 is 10.9 Å². The number of rotatable bonds is 6. The summed E-state index contributed by atoms with van der Waals surface area (Å²) in [6.45, 7) is 8.87. The van der Waals surface area contributed by atoms with Crippen molar-refractivity contribution >= 4 is 11.6 Å². The highest BCUT2D eigenvalue weighted by Crippen LogP contribution is 2.25. The van der Waals surface area contributed by atoms with Gasteiger partial charge in [0, 0.05) is 6.42 Å². The molecule has 0 aliphatic rings. The van der Waals surface area contributed by atoms with E-state index >= 15 is 0 Å². The van der Waals surface area contributed by atoms with E-state index in [4.69, 9.17) is 0 Å². The Balaban J connectivity index is 0.000000941. The number of nitrogens with one attached hydrogen (secondary N) is 2. The zero-order chi connectivity index (χ0) is 21.1. The van der Waals surface area contributed by atoms with Gasteiger partial charge in [-0.3, -0.25) is 9.59 Å². The molecule has 0 atom stereocenters. The molecule has 3 aromatic rings. The number of carbonyl (C=O) groups excluding carboxylic acids is 1. The van der Waals surface area contributed by atoms with Gasteiger partial charge in [-0.1, -0.05) is 72.8 Å². The van der Waals surface area contributed by atoms with Crippen molar-refractivity contribution in [3.8, 4) is 0 Å². The van der Waals surface area contributed by atoms with Gasteiger partial charge in [0.25, 0.3) is 5.56 Å². The van der Waals surface area contributed by atoms with Gasteiger partial charge in [0.05, 0.1) is 12.1 Å². The van der Waals surface area contributed by atoms with E-state index in [9.17, 15) is 9.59 Å². The number of nitrogens with zero attached hydrogens (tertiary/aromatic N) is 1. The lowest BCUT2D eigenvalue weighted by Gasteiger charge is -2.17. The highest BCUT2D eigenvalue weighted by Gasteiger charge is 2.23. The minimum absolute atomic E-state index is 0.125. The molecule has 1 amide bonds. The minimum Gasteiger partial charge on any atom is -0.319 e. The van der Waals surface area contributed by atoms with Crippen molar-refractivity contribution in [1.82, 2.24) is 9.97 Å². The molecule has 0 spiro atoms. The molecule has 5 nitrogen and oxygen atoms in total. The van der Waals surface area contributed by atoms with E-state index in [-0.39, 0.29) is 17.2 Å². The summed E-state index contributed by atoms with van der Waals surface area (Å²) in [5, 5.41) is 2.71. The molecule has 5 heteroatoms. The van der Waals surface area contributed by atoms with Gasteiger partial charge >= 0.3 is 0 Å². The summed E-state index contributed by atoms with van der Waals surface area (Å²) in [5.74, 6) is -0.304. The summed E-state index contributed by atoms with van der Waals surface area (Å²) in [7, 11) is 0. The fraction of sp³-hybridized carbons (Fsp3) is 0.125. The molecule has 2 N–H and O–H groups in total. The van der Waals surface area contributed by atoms with Crippen LogP contribution in [0.2, 0.25) is 0 Å². The average molecular weight is 387 g/mol. The first kappa shape index (κ1) is 21.6. The van der Waals surface area contributed by atoms with Crippen LogP contribution in [0.1, 0.15) is 29.8 Å². The number of amides is 1. The molecule has 0 aliphatic heterocycles. The molecule has 0 bridgehead atoms. The quantitative estimate of drug-likeness (QED) is 0.613. The monoisotopic (exact) mass is 387 g/mol. The molecule has 0 aliphatic carbocycles. The number of hydrogen-bond acceptors (Lipinski definition) is 3. The fourth-order valence-electron chi connectivity index (χ4n) is 2.75. The van der Waals surface area contributed by atoms with E-state index < -0.39 is 5.92 Å². The molecule has 29 heavy (non-hydrogen) atoms. The number of aromatic amines is 1. The van der Waals surface area contributed by atoms with Crippen LogP contribution in [0.3, 0.4) is 0 Å². The Kier molecular flexibility index (Phi) is 8.32. The fourth-order valence-corrected chi connectivity index (χ4v) is 2.75.